The van der Waals surface area contributed by atoms with E-state index in [0.717, 1.165) is 17.1 Å². The minimum Gasteiger partial charge on any atom is -0.465 e. The standard InChI is InChI=1S/C26H24N4O2S/c1-2-32-23(31)17-30-25(24(28-26(30)33)21-10-5-6-14-27-21)22-11-7-15-29(22)20-13-12-18-8-3-4-9-19(18)16-20/h3-16,24-25H,2,17H2,1H3,(H,28,33)/t24-,25+/m0/s1. The zero-order valence-corrected chi connectivity index (χ0v) is 19.0. The van der Waals surface area contributed by atoms with E-state index >= 15 is 0 Å². The molecule has 0 amide bonds. The molecule has 3 heterocycles. The quantitative estimate of drug-likeness (QED) is 0.339. The summed E-state index contributed by atoms with van der Waals surface area (Å²) in [5.74, 6) is -0.308. The van der Waals surface area contributed by atoms with E-state index in [0.29, 0.717) is 11.7 Å². The Kier molecular flexibility index (Phi) is 5.79. The lowest BCUT2D eigenvalue weighted by Crippen LogP contribution is -2.36. The van der Waals surface area contributed by atoms with E-state index in [9.17, 15) is 4.79 Å². The van der Waals surface area contributed by atoms with Crippen LogP contribution in [0.25, 0.3) is 16.5 Å². The fourth-order valence-corrected chi connectivity index (χ4v) is 4.74. The van der Waals surface area contributed by atoms with E-state index in [4.69, 9.17) is 17.0 Å². The summed E-state index contributed by atoms with van der Waals surface area (Å²) < 4.78 is 7.39. The number of nitrogens with zero attached hydrogens (tertiary/aromatic N) is 3. The van der Waals surface area contributed by atoms with Crippen LogP contribution in [0.2, 0.25) is 0 Å². The van der Waals surface area contributed by atoms with E-state index in [1.54, 1.807) is 13.1 Å². The number of hydrogen-bond donors (Lipinski definition) is 1. The predicted molar refractivity (Wildman–Crippen MR) is 132 cm³/mol. The second kappa shape index (κ2) is 9.03. The maximum absolute atomic E-state index is 12.4. The van der Waals surface area contributed by atoms with Crippen molar-refractivity contribution in [2.24, 2.45) is 0 Å². The van der Waals surface area contributed by atoms with Gasteiger partial charge in [0.1, 0.15) is 6.54 Å². The average molecular weight is 457 g/mol. The van der Waals surface area contributed by atoms with Crippen molar-refractivity contribution in [3.63, 3.8) is 0 Å². The summed E-state index contributed by atoms with van der Waals surface area (Å²) in [6.07, 6.45) is 3.81. The third-order valence-corrected chi connectivity index (χ3v) is 6.25. The van der Waals surface area contributed by atoms with Crippen molar-refractivity contribution in [3.8, 4) is 5.69 Å². The first-order chi connectivity index (χ1) is 16.2. The number of benzene rings is 2. The van der Waals surface area contributed by atoms with Crippen molar-refractivity contribution in [1.82, 2.24) is 19.8 Å². The molecule has 1 N–H and O–H groups in total. The number of hydrogen-bond acceptors (Lipinski definition) is 4. The van der Waals surface area contributed by atoms with Crippen LogP contribution in [0, 0.1) is 0 Å². The van der Waals surface area contributed by atoms with E-state index in [1.807, 2.05) is 47.5 Å². The maximum Gasteiger partial charge on any atom is 0.325 e. The number of aromatic nitrogens is 2. The average Bonchev–Trinajstić information content (AvgIpc) is 3.44. The van der Waals surface area contributed by atoms with E-state index in [2.05, 4.69) is 51.3 Å². The monoisotopic (exact) mass is 456 g/mol. The number of carbonyl (C=O) groups excluding carboxylic acids is 1. The molecule has 1 aliphatic heterocycles. The molecular formula is C26H24N4O2S. The molecule has 0 unspecified atom stereocenters. The first-order valence-electron chi connectivity index (χ1n) is 11.0. The molecule has 4 aromatic rings. The summed E-state index contributed by atoms with van der Waals surface area (Å²) in [5.41, 5.74) is 2.92. The molecule has 0 aliphatic carbocycles. The molecule has 0 radical (unpaired) electrons. The van der Waals surface area contributed by atoms with Crippen molar-refractivity contribution in [2.45, 2.75) is 19.0 Å². The van der Waals surface area contributed by atoms with Crippen molar-refractivity contribution < 1.29 is 9.53 Å². The Balaban J connectivity index is 1.59. The van der Waals surface area contributed by atoms with E-state index in [1.165, 1.54) is 10.8 Å². The SMILES string of the molecule is CCOC(=O)CN1C(=S)N[C@@H](c2ccccn2)[C@H]1c1cccn1-c1ccc2ccccc2c1. The first kappa shape index (κ1) is 21.2. The maximum atomic E-state index is 12.4. The Labute approximate surface area is 197 Å². The van der Waals surface area contributed by atoms with Gasteiger partial charge < -0.3 is 19.5 Å². The van der Waals surface area contributed by atoms with Gasteiger partial charge in [0.15, 0.2) is 5.11 Å². The van der Waals surface area contributed by atoms with Gasteiger partial charge in [-0.1, -0.05) is 36.4 Å². The summed E-state index contributed by atoms with van der Waals surface area (Å²) in [7, 11) is 0. The molecule has 6 nitrogen and oxygen atoms in total. The number of esters is 1. The minimum absolute atomic E-state index is 0.0660. The van der Waals surface area contributed by atoms with Crippen molar-refractivity contribution in [2.75, 3.05) is 13.2 Å². The number of fused-ring (bicyclic) bond motifs is 1. The number of carbonyl (C=O) groups is 1. The van der Waals surface area contributed by atoms with Crippen LogP contribution >= 0.6 is 12.2 Å². The van der Waals surface area contributed by atoms with Crippen LogP contribution in [-0.2, 0) is 9.53 Å². The molecule has 166 valence electrons. The van der Waals surface area contributed by atoms with E-state index in [-0.39, 0.29) is 24.6 Å². The number of nitrogens with one attached hydrogen (secondary N) is 1. The van der Waals surface area contributed by atoms with E-state index < -0.39 is 0 Å². The Morgan fingerprint density at radius 1 is 1.06 bits per heavy atom. The van der Waals surface area contributed by atoms with Gasteiger partial charge >= 0.3 is 5.97 Å². The summed E-state index contributed by atoms with van der Waals surface area (Å²) >= 11 is 5.66. The lowest BCUT2D eigenvalue weighted by Gasteiger charge is -2.28. The molecule has 0 bridgehead atoms. The van der Waals surface area contributed by atoms with Crippen molar-refractivity contribution in [1.29, 1.82) is 0 Å². The Hall–Kier alpha value is -3.71. The molecule has 2 aromatic carbocycles. The summed E-state index contributed by atoms with van der Waals surface area (Å²) in [5, 5.41) is 6.25. The highest BCUT2D eigenvalue weighted by molar-refractivity contribution is 7.80. The predicted octanol–water partition coefficient (Wildman–Crippen LogP) is 4.56. The van der Waals surface area contributed by atoms with Gasteiger partial charge in [-0.05, 0) is 66.3 Å². The van der Waals surface area contributed by atoms with Gasteiger partial charge in [0.2, 0.25) is 0 Å². The number of rotatable bonds is 6. The highest BCUT2D eigenvalue weighted by atomic mass is 32.1. The van der Waals surface area contributed by atoms with Crippen molar-refractivity contribution in [3.05, 3.63) is 96.6 Å². The second-order valence-electron chi connectivity index (χ2n) is 7.89. The van der Waals surface area contributed by atoms with Crippen molar-refractivity contribution >= 4 is 34.1 Å². The third-order valence-electron chi connectivity index (χ3n) is 5.90. The van der Waals surface area contributed by atoms with Crippen LogP contribution in [0.1, 0.15) is 30.4 Å². The molecule has 2 aromatic heterocycles. The fraction of sp³-hybridized carbons (Fsp3) is 0.192. The first-order valence-corrected chi connectivity index (χ1v) is 11.4. The van der Waals surface area contributed by atoms with Crippen LogP contribution in [-0.4, -0.2) is 38.7 Å². The van der Waals surface area contributed by atoms with Crippen LogP contribution in [0.5, 0.6) is 0 Å². The second-order valence-corrected chi connectivity index (χ2v) is 8.28. The van der Waals surface area contributed by atoms with Gasteiger partial charge in [0.05, 0.1) is 24.4 Å². The van der Waals surface area contributed by atoms with Crippen LogP contribution in [0.15, 0.2) is 85.2 Å². The number of thiocarbonyl (C=S) groups is 1. The highest BCUT2D eigenvalue weighted by Crippen LogP contribution is 2.39. The van der Waals surface area contributed by atoms with Gasteiger partial charge in [0.25, 0.3) is 0 Å². The molecule has 33 heavy (non-hydrogen) atoms. The topological polar surface area (TPSA) is 59.4 Å². The lowest BCUT2D eigenvalue weighted by molar-refractivity contribution is -0.143. The molecule has 1 fully saturated rings. The Morgan fingerprint density at radius 2 is 1.88 bits per heavy atom. The summed E-state index contributed by atoms with van der Waals surface area (Å²) in [6, 6.07) is 24.2. The largest absolute Gasteiger partial charge is 0.465 e. The third kappa shape index (κ3) is 4.07. The normalized spacial score (nSPS) is 17.8. The molecule has 2 atom stereocenters. The van der Waals surface area contributed by atoms with Gasteiger partial charge in [-0.25, -0.2) is 0 Å². The van der Waals surface area contributed by atoms with Crippen LogP contribution in [0.4, 0.5) is 0 Å². The van der Waals surface area contributed by atoms with Crippen LogP contribution in [0.3, 0.4) is 0 Å². The number of ether oxygens (including phenoxy) is 1. The summed E-state index contributed by atoms with van der Waals surface area (Å²) in [4.78, 5) is 18.9. The number of pyridine rings is 1. The molecule has 5 rings (SSSR count). The zero-order chi connectivity index (χ0) is 22.8. The molecule has 7 heteroatoms. The lowest BCUT2D eigenvalue weighted by atomic mass is 10.0. The molecule has 1 saturated heterocycles. The molecular weight excluding hydrogens is 432 g/mol. The summed E-state index contributed by atoms with van der Waals surface area (Å²) in [6.45, 7) is 2.20. The van der Waals surface area contributed by atoms with Gasteiger partial charge in [0, 0.05) is 23.8 Å². The zero-order valence-electron chi connectivity index (χ0n) is 18.2. The van der Waals surface area contributed by atoms with Gasteiger partial charge in [-0.3, -0.25) is 9.78 Å². The Bertz CT molecular complexity index is 1300. The molecule has 1 aliphatic rings. The smallest absolute Gasteiger partial charge is 0.325 e. The Morgan fingerprint density at radius 3 is 2.67 bits per heavy atom. The van der Waals surface area contributed by atoms with Gasteiger partial charge in [-0.15, -0.1) is 0 Å². The van der Waals surface area contributed by atoms with Gasteiger partial charge in [-0.2, -0.15) is 0 Å². The highest BCUT2D eigenvalue weighted by Gasteiger charge is 2.42. The minimum atomic E-state index is -0.308. The molecule has 0 saturated carbocycles. The fourth-order valence-electron chi connectivity index (χ4n) is 4.44. The van der Waals surface area contributed by atoms with Crippen LogP contribution < -0.4 is 5.32 Å². The molecule has 0 spiro atoms.